The fraction of sp³-hybridized carbons (Fsp3) is 0.588. The number of hydrogen-bond acceptors (Lipinski definition) is 5. The predicted molar refractivity (Wildman–Crippen MR) is 187 cm³/mol. The van der Waals surface area contributed by atoms with Crippen molar-refractivity contribution in [2.75, 3.05) is 20.8 Å². The van der Waals surface area contributed by atoms with E-state index < -0.39 is 25.0 Å². The molecule has 42 heavy (non-hydrogen) atoms. The zero-order chi connectivity index (χ0) is 32.1. The number of benzene rings is 2. The van der Waals surface area contributed by atoms with Gasteiger partial charge in [-0.25, -0.2) is 0 Å². The Morgan fingerprint density at radius 3 is 1.60 bits per heavy atom. The van der Waals surface area contributed by atoms with Gasteiger partial charge in [-0.15, -0.1) is 0 Å². The number of methoxy groups -OCH3 is 2. The van der Waals surface area contributed by atoms with Crippen molar-refractivity contribution in [2.24, 2.45) is 5.92 Å². The second-order valence-corrected chi connectivity index (χ2v) is 29.3. The van der Waals surface area contributed by atoms with Gasteiger partial charge in [-0.3, -0.25) is 0 Å². The molecule has 236 valence electrons. The Labute approximate surface area is 260 Å². The molecule has 0 saturated carbocycles. The molecule has 5 nitrogen and oxygen atoms in total. The van der Waals surface area contributed by atoms with Gasteiger partial charge in [0, 0.05) is 12.5 Å². The molecule has 0 amide bonds. The van der Waals surface area contributed by atoms with E-state index in [9.17, 15) is 0 Å². The molecule has 2 aromatic carbocycles. The lowest BCUT2D eigenvalue weighted by Crippen LogP contribution is -2.43. The van der Waals surface area contributed by atoms with E-state index in [2.05, 4.69) is 130 Å². The molecule has 0 saturated heterocycles. The second-order valence-electron chi connectivity index (χ2n) is 15.4. The van der Waals surface area contributed by atoms with Crippen LogP contribution in [-0.2, 0) is 10.8 Å². The first-order chi connectivity index (χ1) is 19.1. The molecule has 0 aromatic heterocycles. The minimum atomic E-state index is -1.99. The third-order valence-electron chi connectivity index (χ3n) is 8.55. The number of hydrogen-bond donors (Lipinski definition) is 0. The summed E-state index contributed by atoms with van der Waals surface area (Å²) in [5.41, 5.74) is 2.27. The Hall–Kier alpha value is -2.01. The summed E-state index contributed by atoms with van der Waals surface area (Å²) in [6.07, 6.45) is 5.26. The fourth-order valence-electron chi connectivity index (χ4n) is 3.74. The first-order valence-corrected chi connectivity index (χ1v) is 24.4. The minimum absolute atomic E-state index is 0.109. The van der Waals surface area contributed by atoms with Crippen LogP contribution >= 0.6 is 0 Å². The Balaban J connectivity index is 2.33. The van der Waals surface area contributed by atoms with Crippen LogP contribution in [0.25, 0.3) is 6.08 Å². The van der Waals surface area contributed by atoms with Crippen molar-refractivity contribution in [3.63, 3.8) is 0 Å². The van der Waals surface area contributed by atoms with Crippen molar-refractivity contribution in [1.29, 1.82) is 0 Å². The molecule has 8 heteroatoms. The zero-order valence-electron chi connectivity index (χ0n) is 29.2. The van der Waals surface area contributed by atoms with Gasteiger partial charge in [-0.1, -0.05) is 65.8 Å². The standard InChI is InChI=1S/C34H58O5Si3/c1-33(2,3)41(12,13)38-29-20-18-26(23-31(29)35-7)16-17-28(25-37-40(9,10)11)22-27-19-21-30(32(24-27)36-8)39-42(14,15)34(4,5)6/h16-21,23-24,28H,22,25H2,1-15H3/b17-16+/t28-/m1/s1. The van der Waals surface area contributed by atoms with Crippen molar-refractivity contribution < 1.29 is 22.8 Å². The molecular formula is C34H58O5Si3. The number of rotatable bonds is 13. The molecule has 0 aliphatic heterocycles. The van der Waals surface area contributed by atoms with E-state index in [4.69, 9.17) is 22.8 Å². The van der Waals surface area contributed by atoms with Crippen LogP contribution in [0.5, 0.6) is 23.0 Å². The van der Waals surface area contributed by atoms with Crippen LogP contribution in [0, 0.1) is 5.92 Å². The van der Waals surface area contributed by atoms with Gasteiger partial charge in [0.25, 0.3) is 16.6 Å². The van der Waals surface area contributed by atoms with Gasteiger partial charge in [0.1, 0.15) is 11.5 Å². The van der Waals surface area contributed by atoms with Gasteiger partial charge in [-0.2, -0.15) is 0 Å². The van der Waals surface area contributed by atoms with Gasteiger partial charge < -0.3 is 22.8 Å². The molecular weight excluding hydrogens is 573 g/mol. The molecule has 0 heterocycles. The molecule has 0 radical (unpaired) electrons. The molecule has 0 aliphatic rings. The number of ether oxygens (including phenoxy) is 2. The van der Waals surface area contributed by atoms with E-state index in [0.29, 0.717) is 6.61 Å². The maximum atomic E-state index is 6.59. The van der Waals surface area contributed by atoms with Crippen molar-refractivity contribution in [2.45, 2.75) is 104 Å². The third kappa shape index (κ3) is 10.3. The lowest BCUT2D eigenvalue weighted by molar-refractivity contribution is 0.269. The maximum absolute atomic E-state index is 6.59. The lowest BCUT2D eigenvalue weighted by Gasteiger charge is -2.36. The highest BCUT2D eigenvalue weighted by molar-refractivity contribution is 6.75. The summed E-state index contributed by atoms with van der Waals surface area (Å²) in [6, 6.07) is 12.6. The van der Waals surface area contributed by atoms with E-state index in [-0.39, 0.29) is 16.0 Å². The van der Waals surface area contributed by atoms with Crippen LogP contribution < -0.4 is 18.3 Å². The summed E-state index contributed by atoms with van der Waals surface area (Å²) in [7, 11) is -2.23. The minimum Gasteiger partial charge on any atom is -0.541 e. The van der Waals surface area contributed by atoms with E-state index in [1.807, 2.05) is 6.07 Å². The largest absolute Gasteiger partial charge is 0.541 e. The van der Waals surface area contributed by atoms with Gasteiger partial charge in [-0.05, 0) is 97.7 Å². The molecule has 0 aliphatic carbocycles. The quantitative estimate of drug-likeness (QED) is 0.206. The Kier molecular flexibility index (Phi) is 11.8. The Morgan fingerprint density at radius 1 is 0.667 bits per heavy atom. The SMILES string of the molecule is COc1cc(/C=C/[C@@H](CO[Si](C)(C)C)Cc2ccc(O[Si](C)(C)C(C)(C)C)c(OC)c2)ccc1O[Si](C)(C)C(C)(C)C. The van der Waals surface area contributed by atoms with Crippen LogP contribution in [0.2, 0.25) is 55.9 Å². The van der Waals surface area contributed by atoms with Crippen LogP contribution in [0.4, 0.5) is 0 Å². The monoisotopic (exact) mass is 630 g/mol. The van der Waals surface area contributed by atoms with Crippen molar-refractivity contribution in [3.8, 4) is 23.0 Å². The molecule has 2 rings (SSSR count). The summed E-state index contributed by atoms with van der Waals surface area (Å²) < 4.78 is 31.1. The normalized spacial score (nSPS) is 14.2. The van der Waals surface area contributed by atoms with Crippen molar-refractivity contribution in [3.05, 3.63) is 53.6 Å². The Bertz CT molecular complexity index is 1200. The first kappa shape index (κ1) is 36.2. The van der Waals surface area contributed by atoms with Gasteiger partial charge in [0.15, 0.2) is 19.8 Å². The van der Waals surface area contributed by atoms with Gasteiger partial charge >= 0.3 is 0 Å². The second kappa shape index (κ2) is 13.7. The highest BCUT2D eigenvalue weighted by Gasteiger charge is 2.40. The summed E-state index contributed by atoms with van der Waals surface area (Å²) >= 11 is 0. The molecule has 0 bridgehead atoms. The highest BCUT2D eigenvalue weighted by atomic mass is 28.4. The molecule has 0 spiro atoms. The van der Waals surface area contributed by atoms with E-state index in [0.717, 1.165) is 35.0 Å². The third-order valence-corrected chi connectivity index (χ3v) is 18.3. The summed E-state index contributed by atoms with van der Waals surface area (Å²) in [5, 5.41) is 0.219. The van der Waals surface area contributed by atoms with Crippen LogP contribution in [0.15, 0.2) is 42.5 Å². The molecule has 0 fully saturated rings. The molecule has 2 aromatic rings. The zero-order valence-corrected chi connectivity index (χ0v) is 32.2. The van der Waals surface area contributed by atoms with Crippen molar-refractivity contribution in [1.82, 2.24) is 0 Å². The summed E-state index contributed by atoms with van der Waals surface area (Å²) in [6.45, 7) is 29.9. The molecule has 1 atom stereocenters. The van der Waals surface area contributed by atoms with Crippen molar-refractivity contribution >= 4 is 31.0 Å². The van der Waals surface area contributed by atoms with Gasteiger partial charge in [0.05, 0.1) is 14.2 Å². The average molecular weight is 631 g/mol. The summed E-state index contributed by atoms with van der Waals surface area (Å²) in [5.74, 6) is 3.38. The first-order valence-electron chi connectivity index (χ1n) is 15.1. The average Bonchev–Trinajstić information content (AvgIpc) is 2.84. The smallest absolute Gasteiger partial charge is 0.250 e. The fourth-order valence-corrected chi connectivity index (χ4v) is 6.50. The highest BCUT2D eigenvalue weighted by Crippen LogP contribution is 2.41. The van der Waals surface area contributed by atoms with Crippen LogP contribution in [-0.4, -0.2) is 45.8 Å². The lowest BCUT2D eigenvalue weighted by atomic mass is 9.98. The molecule has 0 unspecified atom stereocenters. The van der Waals surface area contributed by atoms with Crippen LogP contribution in [0.3, 0.4) is 0 Å². The van der Waals surface area contributed by atoms with E-state index >= 15 is 0 Å². The van der Waals surface area contributed by atoms with Crippen LogP contribution in [0.1, 0.15) is 52.7 Å². The summed E-state index contributed by atoms with van der Waals surface area (Å²) in [4.78, 5) is 0. The van der Waals surface area contributed by atoms with E-state index in [1.54, 1.807) is 14.2 Å². The van der Waals surface area contributed by atoms with Gasteiger partial charge in [0.2, 0.25) is 0 Å². The topological polar surface area (TPSA) is 46.2 Å². The predicted octanol–water partition coefficient (Wildman–Crippen LogP) is 10.2. The van der Waals surface area contributed by atoms with E-state index in [1.165, 1.54) is 5.56 Å². The maximum Gasteiger partial charge on any atom is 0.250 e. The Morgan fingerprint density at radius 2 is 1.14 bits per heavy atom. The molecule has 0 N–H and O–H groups in total.